The Labute approximate surface area is 107 Å². The highest BCUT2D eigenvalue weighted by molar-refractivity contribution is 5.73. The quantitative estimate of drug-likeness (QED) is 0.898. The summed E-state index contributed by atoms with van der Waals surface area (Å²) in [7, 11) is 0. The van der Waals surface area contributed by atoms with Gasteiger partial charge in [0.2, 0.25) is 1.43 Å². The summed E-state index contributed by atoms with van der Waals surface area (Å²) >= 11 is 0. The highest BCUT2D eigenvalue weighted by Gasteiger charge is 2.27. The van der Waals surface area contributed by atoms with Crippen LogP contribution < -0.4 is 0 Å². The molecule has 18 heavy (non-hydrogen) atoms. The summed E-state index contributed by atoms with van der Waals surface area (Å²) in [4.78, 5) is 13.3. The standard InChI is InChI=1S/C13H18N4O/c1-8-12-13(16-9(2)15-8)17(7-14-12)11-4-3-10(5-11)6-18/h7,10-11,18H,3-6H2,1-2H3/t10-,11+/m1/s1/i18D. The Balaban J connectivity index is 1.94. The van der Waals surface area contributed by atoms with Crippen LogP contribution in [0.5, 0.6) is 0 Å². The maximum Gasteiger partial charge on any atom is 0.210 e. The average Bonchev–Trinajstić information content (AvgIpc) is 2.95. The number of aryl methyl sites for hydroxylation is 2. The topological polar surface area (TPSA) is 63.8 Å². The predicted molar refractivity (Wildman–Crippen MR) is 68.3 cm³/mol. The lowest BCUT2D eigenvalue weighted by Gasteiger charge is -2.12. The van der Waals surface area contributed by atoms with E-state index in [0.29, 0.717) is 18.6 Å². The average molecular weight is 247 g/mol. The van der Waals surface area contributed by atoms with Crippen molar-refractivity contribution in [2.75, 3.05) is 6.61 Å². The molecule has 0 radical (unpaired) electrons. The van der Waals surface area contributed by atoms with Crippen LogP contribution in [0.1, 0.15) is 36.8 Å². The van der Waals surface area contributed by atoms with Crippen LogP contribution in [0.2, 0.25) is 0 Å². The van der Waals surface area contributed by atoms with Crippen LogP contribution in [-0.2, 0) is 0 Å². The lowest BCUT2D eigenvalue weighted by atomic mass is 10.1. The van der Waals surface area contributed by atoms with Crippen LogP contribution in [0.4, 0.5) is 0 Å². The zero-order valence-electron chi connectivity index (χ0n) is 11.8. The van der Waals surface area contributed by atoms with Crippen molar-refractivity contribution in [3.63, 3.8) is 0 Å². The van der Waals surface area contributed by atoms with Gasteiger partial charge in [0.1, 0.15) is 11.3 Å². The minimum absolute atomic E-state index is 0.416. The molecule has 2 aromatic heterocycles. The van der Waals surface area contributed by atoms with Crippen molar-refractivity contribution in [2.24, 2.45) is 5.92 Å². The molecule has 1 fully saturated rings. The molecule has 1 aliphatic rings. The molecule has 1 aliphatic carbocycles. The molecular weight excluding hydrogens is 228 g/mol. The third kappa shape index (κ3) is 1.79. The summed E-state index contributed by atoms with van der Waals surface area (Å²) in [5.41, 5.74) is 2.76. The van der Waals surface area contributed by atoms with Gasteiger partial charge in [-0.15, -0.1) is 0 Å². The molecule has 5 heteroatoms. The number of nitrogens with zero attached hydrogens (tertiary/aromatic N) is 4. The molecule has 0 amide bonds. The van der Waals surface area contributed by atoms with Gasteiger partial charge in [0.15, 0.2) is 5.65 Å². The molecule has 3 rings (SSSR count). The van der Waals surface area contributed by atoms with E-state index in [1.807, 2.05) is 20.2 Å². The first kappa shape index (κ1) is 10.4. The van der Waals surface area contributed by atoms with E-state index in [0.717, 1.165) is 41.9 Å². The summed E-state index contributed by atoms with van der Waals surface area (Å²) in [6.45, 7) is 4.41. The lowest BCUT2D eigenvalue weighted by molar-refractivity contribution is 0.226. The SMILES string of the molecule is [2H]OC[C@@H]1CC[C@H](n2cnc3c(C)nc(C)nc32)C1. The number of aliphatic hydroxyl groups excluding tert-OH is 1. The fourth-order valence-corrected chi connectivity index (χ4v) is 2.91. The highest BCUT2D eigenvalue weighted by atomic mass is 16.3. The molecule has 0 unspecified atom stereocenters. The van der Waals surface area contributed by atoms with E-state index in [1.54, 1.807) is 0 Å². The van der Waals surface area contributed by atoms with Crippen molar-refractivity contribution < 1.29 is 5.11 Å². The predicted octanol–water partition coefficient (Wildman–Crippen LogP) is 1.78. The summed E-state index contributed by atoms with van der Waals surface area (Å²) in [5.74, 6) is 1.26. The Morgan fingerprint density at radius 2 is 2.33 bits per heavy atom. The molecule has 1 saturated carbocycles. The van der Waals surface area contributed by atoms with Crippen LogP contribution >= 0.6 is 0 Å². The second-order valence-electron chi connectivity index (χ2n) is 5.18. The Bertz CT molecular complexity index is 598. The largest absolute Gasteiger partial charge is 0.396 e. The second kappa shape index (κ2) is 4.31. The van der Waals surface area contributed by atoms with Gasteiger partial charge < -0.3 is 9.68 Å². The van der Waals surface area contributed by atoms with Gasteiger partial charge in [-0.25, -0.2) is 15.0 Å². The van der Waals surface area contributed by atoms with Crippen molar-refractivity contribution in [3.05, 3.63) is 17.8 Å². The smallest absolute Gasteiger partial charge is 0.210 e. The Hall–Kier alpha value is -1.49. The number of hydrogen-bond donors (Lipinski definition) is 1. The van der Waals surface area contributed by atoms with E-state index < -0.39 is 0 Å². The molecule has 0 aliphatic heterocycles. The van der Waals surface area contributed by atoms with Crippen molar-refractivity contribution >= 4 is 11.2 Å². The van der Waals surface area contributed by atoms with Crippen molar-refractivity contribution in [2.45, 2.75) is 39.2 Å². The van der Waals surface area contributed by atoms with Crippen molar-refractivity contribution in [3.8, 4) is 0 Å². The molecular formula is C13H18N4O. The zero-order chi connectivity index (χ0) is 13.4. The van der Waals surface area contributed by atoms with Gasteiger partial charge in [0.05, 0.1) is 12.0 Å². The van der Waals surface area contributed by atoms with Crippen LogP contribution in [0, 0.1) is 19.8 Å². The van der Waals surface area contributed by atoms with Crippen LogP contribution in [0.3, 0.4) is 0 Å². The normalized spacial score (nSPS) is 24.7. The number of aromatic nitrogens is 4. The van der Waals surface area contributed by atoms with Gasteiger partial charge in [0.25, 0.3) is 0 Å². The van der Waals surface area contributed by atoms with E-state index >= 15 is 0 Å². The Kier molecular flexibility index (Phi) is 2.50. The second-order valence-corrected chi connectivity index (χ2v) is 5.18. The molecule has 2 heterocycles. The van der Waals surface area contributed by atoms with E-state index in [9.17, 15) is 0 Å². The van der Waals surface area contributed by atoms with E-state index in [-0.39, 0.29) is 0 Å². The number of hydrogen-bond acceptors (Lipinski definition) is 4. The molecule has 0 bridgehead atoms. The van der Waals surface area contributed by atoms with Crippen molar-refractivity contribution in [1.82, 2.24) is 19.5 Å². The molecule has 2 atom stereocenters. The van der Waals surface area contributed by atoms with Gasteiger partial charge in [-0.3, -0.25) is 0 Å². The number of rotatable bonds is 3. The van der Waals surface area contributed by atoms with E-state index in [2.05, 4.69) is 24.6 Å². The van der Waals surface area contributed by atoms with Gasteiger partial charge in [-0.05, 0) is 39.0 Å². The van der Waals surface area contributed by atoms with Gasteiger partial charge in [-0.1, -0.05) is 0 Å². The summed E-state index contributed by atoms with van der Waals surface area (Å²) in [6, 6.07) is 0.416. The molecule has 0 saturated heterocycles. The molecule has 0 spiro atoms. The molecule has 5 nitrogen and oxygen atoms in total. The lowest BCUT2D eigenvalue weighted by Crippen LogP contribution is -2.07. The minimum atomic E-state index is 0.416. The molecule has 0 aromatic carbocycles. The third-order valence-corrected chi connectivity index (χ3v) is 3.85. The Morgan fingerprint density at radius 1 is 1.44 bits per heavy atom. The number of fused-ring (bicyclic) bond motifs is 1. The highest BCUT2D eigenvalue weighted by Crippen LogP contribution is 2.35. The summed E-state index contributed by atoms with van der Waals surface area (Å²) in [5, 5.41) is 4.52. The van der Waals surface area contributed by atoms with Gasteiger partial charge in [0, 0.05) is 12.6 Å². The molecule has 2 aromatic rings. The first-order valence-corrected chi connectivity index (χ1v) is 6.45. The summed E-state index contributed by atoms with van der Waals surface area (Å²) < 4.78 is 9.02. The monoisotopic (exact) mass is 247 g/mol. The first-order chi connectivity index (χ1) is 9.19. The Morgan fingerprint density at radius 3 is 3.17 bits per heavy atom. The summed E-state index contributed by atoms with van der Waals surface area (Å²) in [6.07, 6.45) is 5.11. The van der Waals surface area contributed by atoms with E-state index in [4.69, 9.17) is 1.43 Å². The fourth-order valence-electron chi connectivity index (χ4n) is 2.91. The number of imidazole rings is 1. The van der Waals surface area contributed by atoms with Crippen LogP contribution in [-0.4, -0.2) is 32.7 Å². The molecule has 96 valence electrons. The zero-order valence-corrected chi connectivity index (χ0v) is 10.8. The van der Waals surface area contributed by atoms with Gasteiger partial charge >= 0.3 is 0 Å². The number of aliphatic hydroxyl groups is 1. The van der Waals surface area contributed by atoms with Crippen molar-refractivity contribution in [1.29, 1.82) is 1.43 Å². The van der Waals surface area contributed by atoms with Crippen LogP contribution in [0.25, 0.3) is 11.2 Å². The van der Waals surface area contributed by atoms with E-state index in [1.165, 1.54) is 0 Å². The molecule has 1 N–H and O–H groups in total. The van der Waals surface area contributed by atoms with Gasteiger partial charge in [-0.2, -0.15) is 0 Å². The fraction of sp³-hybridized carbons (Fsp3) is 0.615. The third-order valence-electron chi connectivity index (χ3n) is 3.85. The maximum absolute atomic E-state index is 6.86. The first-order valence-electron chi connectivity index (χ1n) is 6.85. The van der Waals surface area contributed by atoms with Crippen LogP contribution in [0.15, 0.2) is 6.33 Å². The maximum atomic E-state index is 6.86. The minimum Gasteiger partial charge on any atom is -0.396 e.